The van der Waals surface area contributed by atoms with Gasteiger partial charge < -0.3 is 4.90 Å². The molecule has 0 amide bonds. The maximum atomic E-state index is 13.5. The van der Waals surface area contributed by atoms with Gasteiger partial charge in [-0.2, -0.15) is 0 Å². The van der Waals surface area contributed by atoms with Crippen molar-refractivity contribution in [2.45, 2.75) is 12.2 Å². The Bertz CT molecular complexity index is 557. The summed E-state index contributed by atoms with van der Waals surface area (Å²) >= 11 is 5.82. The smallest absolute Gasteiger partial charge is 0.302 e. The first kappa shape index (κ1) is 13.4. The summed E-state index contributed by atoms with van der Waals surface area (Å²) in [6.07, 6.45) is 2.11. The summed E-state index contributed by atoms with van der Waals surface area (Å²) in [5.41, 5.74) is -1.46. The predicted molar refractivity (Wildman–Crippen MR) is 65.1 cm³/mol. The zero-order valence-corrected chi connectivity index (χ0v) is 10.2. The minimum absolute atomic E-state index is 0.218. The van der Waals surface area contributed by atoms with Crippen molar-refractivity contribution in [3.8, 4) is 0 Å². The van der Waals surface area contributed by atoms with Crippen molar-refractivity contribution in [1.29, 1.82) is 0 Å². The first-order chi connectivity index (χ1) is 8.99. The first-order valence-corrected chi connectivity index (χ1v) is 5.65. The Balaban J connectivity index is 2.27. The fourth-order valence-electron chi connectivity index (χ4n) is 1.57. The molecule has 8 heteroatoms. The first-order valence-electron chi connectivity index (χ1n) is 5.21. The van der Waals surface area contributed by atoms with Crippen LogP contribution in [-0.2, 0) is 6.54 Å². The van der Waals surface area contributed by atoms with Gasteiger partial charge in [0.2, 0.25) is 0 Å². The summed E-state index contributed by atoms with van der Waals surface area (Å²) in [7, 11) is 0. The van der Waals surface area contributed by atoms with Gasteiger partial charge >= 0.3 is 5.70 Å². The number of aliphatic imine (C=N–C) groups is 1. The number of nitro groups is 1. The molecule has 2 rings (SSSR count). The number of hydrogen-bond donors (Lipinski definition) is 0. The van der Waals surface area contributed by atoms with Gasteiger partial charge in [-0.25, -0.2) is 13.8 Å². The maximum absolute atomic E-state index is 13.5. The lowest BCUT2D eigenvalue weighted by Crippen LogP contribution is -2.29. The van der Waals surface area contributed by atoms with Crippen molar-refractivity contribution in [1.82, 2.24) is 4.90 Å². The van der Waals surface area contributed by atoms with Gasteiger partial charge in [-0.1, -0.05) is 17.7 Å². The second-order valence-corrected chi connectivity index (χ2v) is 4.16. The quantitative estimate of drug-likeness (QED) is 0.371. The van der Waals surface area contributed by atoms with Crippen molar-refractivity contribution >= 4 is 17.8 Å². The third kappa shape index (κ3) is 2.87. The SMILES string of the molecule is O=[N+]([O-])C1=CN(Cc2c(F)cccc2F)C(Cl)N=C1. The molecule has 1 atom stereocenters. The van der Waals surface area contributed by atoms with Crippen LogP contribution in [0.5, 0.6) is 0 Å². The average Bonchev–Trinajstić information content (AvgIpc) is 2.35. The van der Waals surface area contributed by atoms with E-state index >= 15 is 0 Å². The van der Waals surface area contributed by atoms with Crippen LogP contribution in [0.1, 0.15) is 5.56 Å². The van der Waals surface area contributed by atoms with Gasteiger partial charge in [0.1, 0.15) is 17.8 Å². The Hall–Kier alpha value is -2.02. The molecule has 0 radical (unpaired) electrons. The molecule has 0 spiro atoms. The monoisotopic (exact) mass is 287 g/mol. The van der Waals surface area contributed by atoms with Gasteiger partial charge in [0.15, 0.2) is 5.62 Å². The zero-order chi connectivity index (χ0) is 14.0. The normalized spacial score (nSPS) is 18.4. The molecule has 1 aromatic rings. The van der Waals surface area contributed by atoms with Crippen molar-refractivity contribution in [3.63, 3.8) is 0 Å². The van der Waals surface area contributed by atoms with Crippen molar-refractivity contribution in [3.05, 3.63) is 57.4 Å². The molecule has 1 unspecified atom stereocenters. The maximum Gasteiger partial charge on any atom is 0.302 e. The highest BCUT2D eigenvalue weighted by atomic mass is 35.5. The third-order valence-corrected chi connectivity index (χ3v) is 2.88. The largest absolute Gasteiger partial charge is 0.333 e. The molecule has 1 aromatic carbocycles. The molecule has 0 bridgehead atoms. The number of alkyl halides is 1. The zero-order valence-electron chi connectivity index (χ0n) is 9.46. The van der Waals surface area contributed by atoms with Crippen molar-refractivity contribution in [2.24, 2.45) is 4.99 Å². The lowest BCUT2D eigenvalue weighted by Gasteiger charge is -2.25. The van der Waals surface area contributed by atoms with Crippen LogP contribution >= 0.6 is 11.6 Å². The van der Waals surface area contributed by atoms with Gasteiger partial charge in [-0.15, -0.1) is 0 Å². The van der Waals surface area contributed by atoms with Crippen LogP contribution in [0.3, 0.4) is 0 Å². The highest BCUT2D eigenvalue weighted by Gasteiger charge is 2.23. The minimum atomic E-state index is -0.942. The second-order valence-electron chi connectivity index (χ2n) is 3.77. The third-order valence-electron chi connectivity index (χ3n) is 2.51. The fraction of sp³-hybridized carbons (Fsp3) is 0.182. The Kier molecular flexibility index (Phi) is 3.75. The van der Waals surface area contributed by atoms with Crippen LogP contribution in [0.25, 0.3) is 0 Å². The van der Waals surface area contributed by atoms with E-state index in [0.29, 0.717) is 0 Å². The highest BCUT2D eigenvalue weighted by molar-refractivity contribution is 6.20. The molecule has 1 aliphatic rings. The van der Waals surface area contributed by atoms with Crippen LogP contribution in [0.15, 0.2) is 35.1 Å². The topological polar surface area (TPSA) is 58.7 Å². The molecule has 0 aromatic heterocycles. The van der Waals surface area contributed by atoms with E-state index in [0.717, 1.165) is 24.5 Å². The van der Waals surface area contributed by atoms with E-state index in [9.17, 15) is 18.9 Å². The van der Waals surface area contributed by atoms with Crippen LogP contribution in [0, 0.1) is 21.7 Å². The standard InChI is InChI=1S/C11H8ClF2N3O2/c12-11-15-4-7(17(18)19)5-16(11)6-8-9(13)2-1-3-10(8)14/h1-5,11H,6H2. The molecule has 0 saturated carbocycles. The van der Waals surface area contributed by atoms with E-state index < -0.39 is 22.2 Å². The molecule has 0 aliphatic carbocycles. The van der Waals surface area contributed by atoms with Crippen LogP contribution in [-0.4, -0.2) is 21.7 Å². The summed E-state index contributed by atoms with van der Waals surface area (Å²) in [6, 6.07) is 3.44. The molecule has 0 fully saturated rings. The molecular weight excluding hydrogens is 280 g/mol. The summed E-state index contributed by atoms with van der Waals surface area (Å²) in [4.78, 5) is 14.8. The predicted octanol–water partition coefficient (Wildman–Crippen LogP) is 2.49. The lowest BCUT2D eigenvalue weighted by atomic mass is 10.2. The van der Waals surface area contributed by atoms with E-state index in [1.54, 1.807) is 0 Å². The van der Waals surface area contributed by atoms with E-state index in [4.69, 9.17) is 11.6 Å². The summed E-state index contributed by atoms with van der Waals surface area (Å²) in [5.74, 6) is -1.48. The minimum Gasteiger partial charge on any atom is -0.333 e. The van der Waals surface area contributed by atoms with Crippen LogP contribution in [0.4, 0.5) is 8.78 Å². The molecule has 0 N–H and O–H groups in total. The molecule has 100 valence electrons. The molecule has 5 nitrogen and oxygen atoms in total. The van der Waals surface area contributed by atoms with E-state index in [1.807, 2.05) is 0 Å². The summed E-state index contributed by atoms with van der Waals surface area (Å²) in [6.45, 7) is -0.249. The number of benzene rings is 1. The van der Waals surface area contributed by atoms with Crippen LogP contribution < -0.4 is 0 Å². The summed E-state index contributed by atoms with van der Waals surface area (Å²) < 4.78 is 27.0. The number of hydrogen-bond acceptors (Lipinski definition) is 4. The summed E-state index contributed by atoms with van der Waals surface area (Å²) in [5, 5.41) is 10.6. The van der Waals surface area contributed by atoms with Gasteiger partial charge in [-0.3, -0.25) is 10.1 Å². The molecule has 1 heterocycles. The van der Waals surface area contributed by atoms with Gasteiger partial charge in [0, 0.05) is 5.56 Å². The highest BCUT2D eigenvalue weighted by Crippen LogP contribution is 2.21. The van der Waals surface area contributed by atoms with Crippen LogP contribution in [0.2, 0.25) is 0 Å². The van der Waals surface area contributed by atoms with Crippen molar-refractivity contribution < 1.29 is 13.7 Å². The molecule has 19 heavy (non-hydrogen) atoms. The fourth-order valence-corrected chi connectivity index (χ4v) is 1.75. The van der Waals surface area contributed by atoms with Gasteiger partial charge in [0.05, 0.1) is 17.7 Å². The Morgan fingerprint density at radius 3 is 2.63 bits per heavy atom. The number of rotatable bonds is 3. The number of nitrogens with zero attached hydrogens (tertiary/aromatic N) is 3. The van der Waals surface area contributed by atoms with E-state index in [2.05, 4.69) is 4.99 Å². The Morgan fingerprint density at radius 1 is 1.42 bits per heavy atom. The lowest BCUT2D eigenvalue weighted by molar-refractivity contribution is -0.415. The number of halogens is 3. The number of allylic oxidation sites excluding steroid dienone is 1. The second kappa shape index (κ2) is 5.31. The van der Waals surface area contributed by atoms with E-state index in [1.165, 1.54) is 11.0 Å². The van der Waals surface area contributed by atoms with E-state index in [-0.39, 0.29) is 17.8 Å². The Morgan fingerprint density at radius 2 is 2.05 bits per heavy atom. The Labute approximate surface area is 112 Å². The van der Waals surface area contributed by atoms with Crippen molar-refractivity contribution in [2.75, 3.05) is 0 Å². The van der Waals surface area contributed by atoms with Gasteiger partial charge in [-0.05, 0) is 12.1 Å². The average molecular weight is 288 g/mol. The van der Waals surface area contributed by atoms with Gasteiger partial charge in [0.25, 0.3) is 0 Å². The molecule has 1 aliphatic heterocycles. The molecule has 0 saturated heterocycles. The molecular formula is C11H8ClF2N3O2.